The summed E-state index contributed by atoms with van der Waals surface area (Å²) < 4.78 is 5.15. The van der Waals surface area contributed by atoms with Crippen molar-refractivity contribution in [3.63, 3.8) is 0 Å². The van der Waals surface area contributed by atoms with E-state index in [1.807, 2.05) is 24.3 Å². The molecule has 0 amide bonds. The van der Waals surface area contributed by atoms with E-state index in [9.17, 15) is 0 Å². The summed E-state index contributed by atoms with van der Waals surface area (Å²) in [6.45, 7) is 2.89. The lowest BCUT2D eigenvalue weighted by Gasteiger charge is -2.18. The fourth-order valence-electron chi connectivity index (χ4n) is 2.09. The molecule has 0 radical (unpaired) electrons. The highest BCUT2D eigenvalue weighted by Gasteiger charge is 2.14. The number of nitrogens with one attached hydrogen (secondary N) is 1. The van der Waals surface area contributed by atoms with E-state index in [1.54, 1.807) is 7.11 Å². The number of halogens is 2. The van der Waals surface area contributed by atoms with Gasteiger partial charge in [-0.2, -0.15) is 0 Å². The number of ether oxygens (including phenoxy) is 1. The number of rotatable bonds is 6. The average Bonchev–Trinajstić information content (AvgIpc) is 2.50. The molecule has 0 fully saturated rings. The number of benzene rings is 1. The van der Waals surface area contributed by atoms with E-state index in [4.69, 9.17) is 27.9 Å². The van der Waals surface area contributed by atoms with E-state index < -0.39 is 0 Å². The molecule has 4 nitrogen and oxygen atoms in total. The highest BCUT2D eigenvalue weighted by molar-refractivity contribution is 6.42. The highest BCUT2D eigenvalue weighted by Crippen LogP contribution is 2.25. The molecule has 6 heteroatoms. The van der Waals surface area contributed by atoms with E-state index in [2.05, 4.69) is 22.2 Å². The lowest BCUT2D eigenvalue weighted by atomic mass is 10.0. The molecule has 0 spiro atoms. The number of nitrogens with zero attached hydrogens (tertiary/aromatic N) is 2. The first kappa shape index (κ1) is 16.0. The SMILES string of the molecule is CCNC(Cc1ccc(Cl)c(Cl)c1)c1cc(OC)ncn1. The topological polar surface area (TPSA) is 47.0 Å². The lowest BCUT2D eigenvalue weighted by Crippen LogP contribution is -2.24. The van der Waals surface area contributed by atoms with Gasteiger partial charge in [0.1, 0.15) is 6.33 Å². The molecule has 1 heterocycles. The van der Waals surface area contributed by atoms with E-state index in [1.165, 1.54) is 6.33 Å². The molecule has 0 saturated carbocycles. The Balaban J connectivity index is 2.23. The summed E-state index contributed by atoms with van der Waals surface area (Å²) in [6.07, 6.45) is 2.26. The Morgan fingerprint density at radius 2 is 2.00 bits per heavy atom. The molecule has 2 rings (SSSR count). The van der Waals surface area contributed by atoms with Crippen LogP contribution in [-0.4, -0.2) is 23.6 Å². The zero-order chi connectivity index (χ0) is 15.2. The van der Waals surface area contributed by atoms with Crippen LogP contribution >= 0.6 is 23.2 Å². The van der Waals surface area contributed by atoms with Crippen molar-refractivity contribution in [2.75, 3.05) is 13.7 Å². The van der Waals surface area contributed by atoms with Crippen molar-refractivity contribution in [3.05, 3.63) is 51.9 Å². The second kappa shape index (κ2) is 7.59. The minimum absolute atomic E-state index is 0.0594. The maximum atomic E-state index is 6.07. The van der Waals surface area contributed by atoms with Crippen molar-refractivity contribution in [1.82, 2.24) is 15.3 Å². The van der Waals surface area contributed by atoms with Gasteiger partial charge in [-0.3, -0.25) is 0 Å². The number of hydrogen-bond donors (Lipinski definition) is 1. The summed E-state index contributed by atoms with van der Waals surface area (Å²) in [5.41, 5.74) is 1.97. The van der Waals surface area contributed by atoms with Gasteiger partial charge in [0.15, 0.2) is 0 Å². The van der Waals surface area contributed by atoms with Gasteiger partial charge in [0.25, 0.3) is 0 Å². The Morgan fingerprint density at radius 3 is 2.67 bits per heavy atom. The van der Waals surface area contributed by atoms with Crippen LogP contribution < -0.4 is 10.1 Å². The Morgan fingerprint density at radius 1 is 1.19 bits per heavy atom. The molecule has 112 valence electrons. The van der Waals surface area contributed by atoms with Crippen LogP contribution in [0.1, 0.15) is 24.2 Å². The summed E-state index contributed by atoms with van der Waals surface area (Å²) in [4.78, 5) is 8.36. The van der Waals surface area contributed by atoms with Crippen molar-refractivity contribution >= 4 is 23.2 Å². The van der Waals surface area contributed by atoms with Gasteiger partial charge in [-0.05, 0) is 30.7 Å². The molecular weight excluding hydrogens is 309 g/mol. The Kier molecular flexibility index (Phi) is 5.79. The molecule has 1 aromatic carbocycles. The quantitative estimate of drug-likeness (QED) is 0.879. The fraction of sp³-hybridized carbons (Fsp3) is 0.333. The molecule has 1 aromatic heterocycles. The molecule has 21 heavy (non-hydrogen) atoms. The van der Waals surface area contributed by atoms with Gasteiger partial charge in [0.2, 0.25) is 5.88 Å². The summed E-state index contributed by atoms with van der Waals surface area (Å²) in [6, 6.07) is 7.56. The third-order valence-electron chi connectivity index (χ3n) is 3.10. The molecule has 0 bridgehead atoms. The second-order valence-corrected chi connectivity index (χ2v) is 5.36. The molecule has 1 atom stereocenters. The minimum Gasteiger partial charge on any atom is -0.481 e. The predicted molar refractivity (Wildman–Crippen MR) is 85.2 cm³/mol. The lowest BCUT2D eigenvalue weighted by molar-refractivity contribution is 0.393. The molecule has 0 saturated heterocycles. The summed E-state index contributed by atoms with van der Waals surface area (Å²) in [5, 5.41) is 4.53. The van der Waals surface area contributed by atoms with Crippen LogP contribution in [0.4, 0.5) is 0 Å². The van der Waals surface area contributed by atoms with Crippen LogP contribution in [-0.2, 0) is 6.42 Å². The molecule has 0 aliphatic heterocycles. The van der Waals surface area contributed by atoms with E-state index in [0.717, 1.165) is 24.2 Å². The largest absolute Gasteiger partial charge is 0.481 e. The third kappa shape index (κ3) is 4.30. The number of aromatic nitrogens is 2. The van der Waals surface area contributed by atoms with E-state index in [-0.39, 0.29) is 6.04 Å². The number of hydrogen-bond acceptors (Lipinski definition) is 4. The van der Waals surface area contributed by atoms with Crippen LogP contribution in [0.5, 0.6) is 5.88 Å². The maximum absolute atomic E-state index is 6.07. The molecule has 0 aliphatic carbocycles. The van der Waals surface area contributed by atoms with Crippen molar-refractivity contribution in [2.45, 2.75) is 19.4 Å². The van der Waals surface area contributed by atoms with Crippen molar-refractivity contribution in [1.29, 1.82) is 0 Å². The maximum Gasteiger partial charge on any atom is 0.216 e. The zero-order valence-electron chi connectivity index (χ0n) is 11.9. The first-order chi connectivity index (χ1) is 10.1. The van der Waals surface area contributed by atoms with E-state index in [0.29, 0.717) is 15.9 Å². The highest BCUT2D eigenvalue weighted by atomic mass is 35.5. The third-order valence-corrected chi connectivity index (χ3v) is 3.84. The van der Waals surface area contributed by atoms with Crippen LogP contribution in [0.3, 0.4) is 0 Å². The fourth-order valence-corrected chi connectivity index (χ4v) is 2.41. The first-order valence-corrected chi connectivity index (χ1v) is 7.43. The van der Waals surface area contributed by atoms with Crippen LogP contribution in [0.15, 0.2) is 30.6 Å². The van der Waals surface area contributed by atoms with Crippen molar-refractivity contribution < 1.29 is 4.74 Å². The first-order valence-electron chi connectivity index (χ1n) is 6.67. The monoisotopic (exact) mass is 325 g/mol. The molecule has 2 aromatic rings. The van der Waals surface area contributed by atoms with Gasteiger partial charge < -0.3 is 10.1 Å². The van der Waals surface area contributed by atoms with Crippen molar-refractivity contribution in [2.24, 2.45) is 0 Å². The predicted octanol–water partition coefficient (Wildman–Crippen LogP) is 3.69. The zero-order valence-corrected chi connectivity index (χ0v) is 13.4. The van der Waals surface area contributed by atoms with Gasteiger partial charge in [-0.25, -0.2) is 9.97 Å². The Labute approximate surface area is 134 Å². The average molecular weight is 326 g/mol. The van der Waals surface area contributed by atoms with Gasteiger partial charge in [0, 0.05) is 6.07 Å². The Hall–Kier alpha value is -1.36. The molecule has 0 aliphatic rings. The minimum atomic E-state index is 0.0594. The summed E-state index contributed by atoms with van der Waals surface area (Å²) >= 11 is 12.0. The normalized spacial score (nSPS) is 12.2. The molecule has 1 N–H and O–H groups in total. The smallest absolute Gasteiger partial charge is 0.216 e. The van der Waals surface area contributed by atoms with Gasteiger partial charge in [0.05, 0.1) is 28.9 Å². The van der Waals surface area contributed by atoms with Crippen LogP contribution in [0.25, 0.3) is 0 Å². The van der Waals surface area contributed by atoms with Gasteiger partial charge in [-0.15, -0.1) is 0 Å². The van der Waals surface area contributed by atoms with Crippen LogP contribution in [0, 0.1) is 0 Å². The summed E-state index contributed by atoms with van der Waals surface area (Å²) in [5.74, 6) is 0.553. The number of methoxy groups -OCH3 is 1. The van der Waals surface area contributed by atoms with E-state index >= 15 is 0 Å². The van der Waals surface area contributed by atoms with Gasteiger partial charge >= 0.3 is 0 Å². The number of likely N-dealkylation sites (N-methyl/N-ethyl adjacent to an activating group) is 1. The van der Waals surface area contributed by atoms with Crippen LogP contribution in [0.2, 0.25) is 10.0 Å². The standard InChI is InChI=1S/C15H17Cl2N3O/c1-3-18-13(14-8-15(21-2)20-9-19-14)7-10-4-5-11(16)12(17)6-10/h4-6,8-9,13,18H,3,7H2,1-2H3. The Bertz CT molecular complexity index is 607. The second-order valence-electron chi connectivity index (χ2n) is 4.55. The van der Waals surface area contributed by atoms with Crippen molar-refractivity contribution in [3.8, 4) is 5.88 Å². The molecule has 1 unspecified atom stereocenters. The summed E-state index contributed by atoms with van der Waals surface area (Å²) in [7, 11) is 1.59. The van der Waals surface area contributed by atoms with Gasteiger partial charge in [-0.1, -0.05) is 36.2 Å². The molecular formula is C15H17Cl2N3O.